The molecule has 1 rings (SSSR count). The van der Waals surface area contributed by atoms with Crippen molar-refractivity contribution >= 4 is 12.0 Å². The van der Waals surface area contributed by atoms with Gasteiger partial charge in [-0.25, -0.2) is 9.69 Å². The van der Waals surface area contributed by atoms with Crippen LogP contribution in [0.15, 0.2) is 24.3 Å². The van der Waals surface area contributed by atoms with E-state index in [-0.39, 0.29) is 18.0 Å². The summed E-state index contributed by atoms with van der Waals surface area (Å²) in [7, 11) is 0. The van der Waals surface area contributed by atoms with E-state index in [9.17, 15) is 22.8 Å². The lowest BCUT2D eigenvalue weighted by molar-refractivity contribution is -0.162. The molecule has 0 heterocycles. The SMILES string of the molecule is Cc1ccc(C(=O)N(C(=O)OCC(F)(F)F)[C@H](CN)C(C)C)cc1. The molecule has 24 heavy (non-hydrogen) atoms. The van der Waals surface area contributed by atoms with Crippen LogP contribution in [0.1, 0.15) is 29.8 Å². The van der Waals surface area contributed by atoms with Crippen molar-refractivity contribution in [3.8, 4) is 0 Å². The fourth-order valence-electron chi connectivity index (χ4n) is 2.09. The quantitative estimate of drug-likeness (QED) is 0.889. The van der Waals surface area contributed by atoms with Gasteiger partial charge in [-0.2, -0.15) is 13.2 Å². The number of rotatable bonds is 5. The number of alkyl halides is 3. The number of nitrogens with zero attached hydrogens (tertiary/aromatic N) is 1. The van der Waals surface area contributed by atoms with Crippen LogP contribution in [0.25, 0.3) is 0 Å². The first-order valence-electron chi connectivity index (χ1n) is 7.40. The largest absolute Gasteiger partial charge is 0.439 e. The first kappa shape index (κ1) is 20.0. The van der Waals surface area contributed by atoms with Gasteiger partial charge in [-0.3, -0.25) is 4.79 Å². The lowest BCUT2D eigenvalue weighted by Gasteiger charge is -2.31. The normalized spacial score (nSPS) is 12.8. The molecule has 0 aliphatic heterocycles. The van der Waals surface area contributed by atoms with Crippen molar-refractivity contribution in [3.05, 3.63) is 35.4 Å². The molecular formula is C16H21F3N2O3. The number of benzene rings is 1. The molecule has 0 spiro atoms. The molecule has 0 saturated carbocycles. The van der Waals surface area contributed by atoms with Gasteiger partial charge in [-0.05, 0) is 25.0 Å². The Morgan fingerprint density at radius 1 is 1.21 bits per heavy atom. The second-order valence-electron chi connectivity index (χ2n) is 5.76. The molecule has 0 aliphatic carbocycles. The first-order valence-corrected chi connectivity index (χ1v) is 7.40. The first-order chi connectivity index (χ1) is 11.1. The number of halogens is 3. The van der Waals surface area contributed by atoms with Gasteiger partial charge < -0.3 is 10.5 Å². The third-order valence-corrected chi connectivity index (χ3v) is 3.42. The molecule has 0 bridgehead atoms. The van der Waals surface area contributed by atoms with Crippen LogP contribution in [0.5, 0.6) is 0 Å². The minimum Gasteiger partial charge on any atom is -0.439 e. The Morgan fingerprint density at radius 2 is 1.75 bits per heavy atom. The molecule has 0 aliphatic rings. The molecule has 1 aromatic rings. The van der Waals surface area contributed by atoms with E-state index < -0.39 is 30.8 Å². The number of carbonyl (C=O) groups excluding carboxylic acids is 2. The summed E-state index contributed by atoms with van der Waals surface area (Å²) in [5.41, 5.74) is 6.68. The second-order valence-corrected chi connectivity index (χ2v) is 5.76. The van der Waals surface area contributed by atoms with E-state index in [0.717, 1.165) is 5.56 Å². The van der Waals surface area contributed by atoms with E-state index in [1.807, 2.05) is 6.92 Å². The van der Waals surface area contributed by atoms with Crippen LogP contribution >= 0.6 is 0 Å². The molecule has 2 N–H and O–H groups in total. The molecule has 1 atom stereocenters. The summed E-state index contributed by atoms with van der Waals surface area (Å²) in [6.45, 7) is 3.39. The topological polar surface area (TPSA) is 72.6 Å². The number of hydrogen-bond donors (Lipinski definition) is 1. The van der Waals surface area contributed by atoms with Crippen LogP contribution < -0.4 is 5.73 Å². The van der Waals surface area contributed by atoms with Crippen molar-refractivity contribution in [1.82, 2.24) is 4.90 Å². The van der Waals surface area contributed by atoms with Gasteiger partial charge in [-0.1, -0.05) is 31.5 Å². The molecule has 0 unspecified atom stereocenters. The van der Waals surface area contributed by atoms with E-state index in [2.05, 4.69) is 4.74 Å². The highest BCUT2D eigenvalue weighted by Gasteiger charge is 2.36. The van der Waals surface area contributed by atoms with Gasteiger partial charge in [0.15, 0.2) is 6.61 Å². The molecule has 5 nitrogen and oxygen atoms in total. The van der Waals surface area contributed by atoms with Crippen molar-refractivity contribution in [2.75, 3.05) is 13.2 Å². The van der Waals surface area contributed by atoms with Gasteiger partial charge in [0.25, 0.3) is 5.91 Å². The maximum atomic E-state index is 12.6. The van der Waals surface area contributed by atoms with Crippen LogP contribution in [-0.4, -0.2) is 42.3 Å². The van der Waals surface area contributed by atoms with Crippen LogP contribution in [0.2, 0.25) is 0 Å². The lowest BCUT2D eigenvalue weighted by Crippen LogP contribution is -2.51. The molecule has 0 aromatic heterocycles. The molecular weight excluding hydrogens is 325 g/mol. The van der Waals surface area contributed by atoms with E-state index in [1.54, 1.807) is 26.0 Å². The second kappa shape index (κ2) is 8.14. The van der Waals surface area contributed by atoms with Gasteiger partial charge >= 0.3 is 12.3 Å². The molecule has 2 amide bonds. The smallest absolute Gasteiger partial charge is 0.422 e. The van der Waals surface area contributed by atoms with Gasteiger partial charge in [0.1, 0.15) is 0 Å². The summed E-state index contributed by atoms with van der Waals surface area (Å²) < 4.78 is 41.1. The monoisotopic (exact) mass is 346 g/mol. The van der Waals surface area contributed by atoms with E-state index in [0.29, 0.717) is 4.90 Å². The maximum absolute atomic E-state index is 12.6. The van der Waals surface area contributed by atoms with E-state index in [1.165, 1.54) is 12.1 Å². The third kappa shape index (κ3) is 5.52. The Bertz CT molecular complexity index is 571. The fraction of sp³-hybridized carbons (Fsp3) is 0.500. The summed E-state index contributed by atoms with van der Waals surface area (Å²) in [6.07, 6.45) is -6.04. The van der Waals surface area contributed by atoms with Gasteiger partial charge in [0.05, 0.1) is 6.04 Å². The summed E-state index contributed by atoms with van der Waals surface area (Å²) in [5, 5.41) is 0. The Labute approximate surface area is 138 Å². The summed E-state index contributed by atoms with van der Waals surface area (Å²) in [5.74, 6) is -0.992. The number of hydrogen-bond acceptors (Lipinski definition) is 4. The van der Waals surface area contributed by atoms with Crippen molar-refractivity contribution in [2.45, 2.75) is 33.0 Å². The van der Waals surface area contributed by atoms with Crippen molar-refractivity contribution in [2.24, 2.45) is 11.7 Å². The maximum Gasteiger partial charge on any atom is 0.422 e. The van der Waals surface area contributed by atoms with Crippen molar-refractivity contribution < 1.29 is 27.5 Å². The molecule has 0 fully saturated rings. The number of nitrogens with two attached hydrogens (primary N) is 1. The zero-order chi connectivity index (χ0) is 18.5. The fourth-order valence-corrected chi connectivity index (χ4v) is 2.09. The molecule has 1 aromatic carbocycles. The minimum absolute atomic E-state index is 0.0869. The molecule has 8 heteroatoms. The molecule has 0 saturated heterocycles. The van der Waals surface area contributed by atoms with Crippen LogP contribution in [0.3, 0.4) is 0 Å². The molecule has 134 valence electrons. The zero-order valence-electron chi connectivity index (χ0n) is 13.8. The number of imide groups is 1. The number of amides is 2. The number of aryl methyl sites for hydroxylation is 1. The van der Waals surface area contributed by atoms with E-state index >= 15 is 0 Å². The third-order valence-electron chi connectivity index (χ3n) is 3.42. The van der Waals surface area contributed by atoms with Crippen LogP contribution in [0, 0.1) is 12.8 Å². The number of ether oxygens (including phenoxy) is 1. The van der Waals surface area contributed by atoms with Gasteiger partial charge in [-0.15, -0.1) is 0 Å². The molecule has 0 radical (unpaired) electrons. The summed E-state index contributed by atoms with van der Waals surface area (Å²) in [6, 6.07) is 5.54. The Hall–Kier alpha value is -2.09. The zero-order valence-corrected chi connectivity index (χ0v) is 13.8. The van der Waals surface area contributed by atoms with Gasteiger partial charge in [0, 0.05) is 12.1 Å². The summed E-state index contributed by atoms with van der Waals surface area (Å²) >= 11 is 0. The highest BCUT2D eigenvalue weighted by molar-refractivity contribution is 6.03. The Kier molecular flexibility index (Phi) is 6.77. The van der Waals surface area contributed by atoms with Crippen molar-refractivity contribution in [1.29, 1.82) is 0 Å². The minimum atomic E-state index is -4.68. The van der Waals surface area contributed by atoms with Gasteiger partial charge in [0.2, 0.25) is 0 Å². The Morgan fingerprint density at radius 3 is 2.17 bits per heavy atom. The predicted molar refractivity (Wildman–Crippen MR) is 82.4 cm³/mol. The van der Waals surface area contributed by atoms with E-state index in [4.69, 9.17) is 5.73 Å². The average Bonchev–Trinajstić information content (AvgIpc) is 2.49. The number of carbonyl (C=O) groups is 2. The van der Waals surface area contributed by atoms with Crippen LogP contribution in [0.4, 0.5) is 18.0 Å². The van der Waals surface area contributed by atoms with Crippen molar-refractivity contribution in [3.63, 3.8) is 0 Å². The lowest BCUT2D eigenvalue weighted by atomic mass is 10.0. The standard InChI is InChI=1S/C16H21F3N2O3/c1-10(2)13(8-20)21(15(23)24-9-16(17,18)19)14(22)12-6-4-11(3)5-7-12/h4-7,10,13H,8-9,20H2,1-3H3/t13-/m1/s1. The Balaban J connectivity index is 3.10. The highest BCUT2D eigenvalue weighted by atomic mass is 19.4. The predicted octanol–water partition coefficient (Wildman–Crippen LogP) is 3.12. The highest BCUT2D eigenvalue weighted by Crippen LogP contribution is 2.19. The summed E-state index contributed by atoms with van der Waals surface area (Å²) in [4.78, 5) is 25.4. The average molecular weight is 346 g/mol. The van der Waals surface area contributed by atoms with Crippen LogP contribution in [-0.2, 0) is 4.74 Å².